The lowest BCUT2D eigenvalue weighted by Gasteiger charge is -2.25. The maximum atomic E-state index is 4.61. The zero-order valence-electron chi connectivity index (χ0n) is 5.71. The Balaban J connectivity index is 2.10. The second-order valence-corrected chi connectivity index (χ2v) is 4.12. The molecule has 0 amide bonds. The van der Waals surface area contributed by atoms with Gasteiger partial charge in [-0.25, -0.2) is 0 Å². The van der Waals surface area contributed by atoms with Crippen molar-refractivity contribution < 1.29 is 0 Å². The normalized spacial score (nSPS) is 49.7. The lowest BCUT2D eigenvalue weighted by molar-refractivity contribution is 0.374. The van der Waals surface area contributed by atoms with Gasteiger partial charge in [0.2, 0.25) is 0 Å². The minimum atomic E-state index is 0.777. The molecule has 52 valence electrons. The molecule has 0 saturated heterocycles. The predicted octanol–water partition coefficient (Wildman–Crippen LogP) is 2.49. The molecule has 2 atom stereocenters. The lowest BCUT2D eigenvalue weighted by Crippen LogP contribution is -2.19. The van der Waals surface area contributed by atoms with Gasteiger partial charge in [-0.15, -0.1) is 0 Å². The molecule has 0 aliphatic heterocycles. The van der Waals surface area contributed by atoms with Gasteiger partial charge in [0.05, 0.1) is 0 Å². The molecule has 1 heteroatoms. The first-order valence-corrected chi connectivity index (χ1v) is 4.57. The van der Waals surface area contributed by atoms with Crippen LogP contribution in [-0.4, -0.2) is 5.25 Å². The first-order valence-electron chi connectivity index (χ1n) is 4.06. The number of hydrogen-bond donors (Lipinski definition) is 1. The Bertz CT molecular complexity index is 95.1. The van der Waals surface area contributed by atoms with Crippen LogP contribution in [0.1, 0.15) is 32.1 Å². The number of hydrogen-bond acceptors (Lipinski definition) is 1. The number of fused-ring (bicyclic) bond motifs is 2. The van der Waals surface area contributed by atoms with Gasteiger partial charge in [0.1, 0.15) is 0 Å². The second-order valence-electron chi connectivity index (χ2n) is 3.52. The summed E-state index contributed by atoms with van der Waals surface area (Å²) < 4.78 is 0. The Kier molecular flexibility index (Phi) is 1.48. The molecule has 2 aliphatic carbocycles. The van der Waals surface area contributed by atoms with Crippen molar-refractivity contribution in [2.45, 2.75) is 37.4 Å². The summed E-state index contributed by atoms with van der Waals surface area (Å²) in [5, 5.41) is 0.777. The summed E-state index contributed by atoms with van der Waals surface area (Å²) in [6, 6.07) is 0. The zero-order valence-corrected chi connectivity index (χ0v) is 6.61. The Hall–Kier alpha value is 0.350. The van der Waals surface area contributed by atoms with E-state index in [1.807, 2.05) is 0 Å². The van der Waals surface area contributed by atoms with Gasteiger partial charge >= 0.3 is 0 Å². The van der Waals surface area contributed by atoms with E-state index < -0.39 is 0 Å². The number of rotatable bonds is 0. The quantitative estimate of drug-likeness (QED) is 0.494. The van der Waals surface area contributed by atoms with E-state index >= 15 is 0 Å². The summed E-state index contributed by atoms with van der Waals surface area (Å²) in [4.78, 5) is 0. The standard InChI is InChI=1S/C8H14S/c9-8-6-2-1-3-7(8)5-4-6/h6-9H,1-5H2. The summed E-state index contributed by atoms with van der Waals surface area (Å²) in [6.45, 7) is 0. The first kappa shape index (κ1) is 6.09. The van der Waals surface area contributed by atoms with Gasteiger partial charge in [0, 0.05) is 5.25 Å². The third kappa shape index (κ3) is 0.899. The molecule has 0 aromatic carbocycles. The van der Waals surface area contributed by atoms with E-state index in [1.54, 1.807) is 0 Å². The van der Waals surface area contributed by atoms with Crippen molar-refractivity contribution >= 4 is 12.6 Å². The average molecular weight is 142 g/mol. The molecule has 9 heavy (non-hydrogen) atoms. The van der Waals surface area contributed by atoms with Crippen molar-refractivity contribution in [3.63, 3.8) is 0 Å². The van der Waals surface area contributed by atoms with Crippen molar-refractivity contribution in [3.05, 3.63) is 0 Å². The highest BCUT2D eigenvalue weighted by atomic mass is 32.1. The summed E-state index contributed by atoms with van der Waals surface area (Å²) in [7, 11) is 0. The fourth-order valence-electron chi connectivity index (χ4n) is 2.43. The van der Waals surface area contributed by atoms with E-state index in [0.29, 0.717) is 0 Å². The highest BCUT2D eigenvalue weighted by molar-refractivity contribution is 7.81. The van der Waals surface area contributed by atoms with Gasteiger partial charge in [0.15, 0.2) is 0 Å². The summed E-state index contributed by atoms with van der Waals surface area (Å²) in [6.07, 6.45) is 7.35. The van der Waals surface area contributed by atoms with E-state index in [0.717, 1.165) is 17.1 Å². The molecule has 2 rings (SSSR count). The third-order valence-corrected chi connectivity index (χ3v) is 3.87. The van der Waals surface area contributed by atoms with Crippen LogP contribution >= 0.6 is 12.6 Å². The Morgan fingerprint density at radius 3 is 1.89 bits per heavy atom. The monoisotopic (exact) mass is 142 g/mol. The lowest BCUT2D eigenvalue weighted by atomic mass is 9.89. The van der Waals surface area contributed by atoms with Crippen LogP contribution in [0, 0.1) is 11.8 Å². The van der Waals surface area contributed by atoms with Crippen molar-refractivity contribution in [1.29, 1.82) is 0 Å². The second kappa shape index (κ2) is 2.19. The molecule has 0 spiro atoms. The fraction of sp³-hybridized carbons (Fsp3) is 1.00. The SMILES string of the molecule is SC1C2CCCC1CC2. The van der Waals surface area contributed by atoms with Gasteiger partial charge in [-0.1, -0.05) is 6.42 Å². The van der Waals surface area contributed by atoms with Crippen molar-refractivity contribution in [2.24, 2.45) is 11.8 Å². The molecule has 0 heterocycles. The molecule has 0 aromatic heterocycles. The Morgan fingerprint density at radius 2 is 1.44 bits per heavy atom. The molecular formula is C8H14S. The van der Waals surface area contributed by atoms with Gasteiger partial charge in [0.25, 0.3) is 0 Å². The van der Waals surface area contributed by atoms with Gasteiger partial charge in [-0.2, -0.15) is 12.6 Å². The maximum Gasteiger partial charge on any atom is 0.00733 e. The predicted molar refractivity (Wildman–Crippen MR) is 42.8 cm³/mol. The van der Waals surface area contributed by atoms with Gasteiger partial charge < -0.3 is 0 Å². The van der Waals surface area contributed by atoms with Crippen LogP contribution in [-0.2, 0) is 0 Å². The van der Waals surface area contributed by atoms with Crippen LogP contribution in [0.2, 0.25) is 0 Å². The maximum absolute atomic E-state index is 4.61. The molecule has 2 aliphatic rings. The minimum absolute atomic E-state index is 0.777. The van der Waals surface area contributed by atoms with E-state index in [4.69, 9.17) is 0 Å². The Morgan fingerprint density at radius 1 is 0.889 bits per heavy atom. The molecule has 0 nitrogen and oxygen atoms in total. The van der Waals surface area contributed by atoms with Crippen LogP contribution in [0.5, 0.6) is 0 Å². The molecule has 2 bridgehead atoms. The minimum Gasteiger partial charge on any atom is -0.175 e. The van der Waals surface area contributed by atoms with E-state index in [9.17, 15) is 0 Å². The topological polar surface area (TPSA) is 0 Å². The number of thiol groups is 1. The van der Waals surface area contributed by atoms with Crippen LogP contribution in [0.15, 0.2) is 0 Å². The molecule has 2 unspecified atom stereocenters. The van der Waals surface area contributed by atoms with Crippen molar-refractivity contribution in [1.82, 2.24) is 0 Å². The summed E-state index contributed by atoms with van der Waals surface area (Å²) in [5.41, 5.74) is 0. The molecule has 2 fully saturated rings. The van der Waals surface area contributed by atoms with Gasteiger partial charge in [-0.05, 0) is 37.5 Å². The molecule has 0 aromatic rings. The van der Waals surface area contributed by atoms with Crippen LogP contribution in [0.3, 0.4) is 0 Å². The Labute approximate surface area is 62.4 Å². The van der Waals surface area contributed by atoms with Gasteiger partial charge in [-0.3, -0.25) is 0 Å². The summed E-state index contributed by atoms with van der Waals surface area (Å²) in [5.74, 6) is 1.99. The average Bonchev–Trinajstić information content (AvgIpc) is 2.19. The van der Waals surface area contributed by atoms with Crippen LogP contribution < -0.4 is 0 Å². The van der Waals surface area contributed by atoms with Crippen LogP contribution in [0.4, 0.5) is 0 Å². The van der Waals surface area contributed by atoms with E-state index in [-0.39, 0.29) is 0 Å². The van der Waals surface area contributed by atoms with Crippen molar-refractivity contribution in [2.75, 3.05) is 0 Å². The molecule has 2 saturated carbocycles. The summed E-state index contributed by atoms with van der Waals surface area (Å²) >= 11 is 4.61. The first-order chi connectivity index (χ1) is 4.38. The fourth-order valence-corrected chi connectivity index (χ4v) is 3.02. The van der Waals surface area contributed by atoms with Crippen molar-refractivity contribution in [3.8, 4) is 0 Å². The van der Waals surface area contributed by atoms with E-state index in [2.05, 4.69) is 12.6 Å². The highest BCUT2D eigenvalue weighted by Gasteiger charge is 2.36. The largest absolute Gasteiger partial charge is 0.175 e. The highest BCUT2D eigenvalue weighted by Crippen LogP contribution is 2.44. The molecular weight excluding hydrogens is 128 g/mol. The molecule has 0 N–H and O–H groups in total. The van der Waals surface area contributed by atoms with Crippen LogP contribution in [0.25, 0.3) is 0 Å². The third-order valence-electron chi connectivity index (χ3n) is 3.02. The molecule has 0 radical (unpaired) electrons. The van der Waals surface area contributed by atoms with E-state index in [1.165, 1.54) is 32.1 Å². The smallest absolute Gasteiger partial charge is 0.00733 e. The zero-order chi connectivity index (χ0) is 6.27.